The molecule has 4 N–H and O–H groups in total. The van der Waals surface area contributed by atoms with E-state index in [2.05, 4.69) is 16.0 Å². The summed E-state index contributed by atoms with van der Waals surface area (Å²) in [6.07, 6.45) is 0.787. The molecule has 15 heteroatoms. The van der Waals surface area contributed by atoms with Crippen LogP contribution >= 0.6 is 0 Å². The summed E-state index contributed by atoms with van der Waals surface area (Å²) >= 11 is 0. The van der Waals surface area contributed by atoms with Crippen molar-refractivity contribution in [2.45, 2.75) is 51.6 Å². The quantitative estimate of drug-likeness (QED) is 0.128. The third-order valence-corrected chi connectivity index (χ3v) is 10.3. The topological polar surface area (TPSA) is 199 Å². The minimum Gasteiger partial charge on any atom is -0.478 e. The van der Waals surface area contributed by atoms with Gasteiger partial charge in [0.15, 0.2) is 11.3 Å². The number of hydrogen-bond acceptors (Lipinski definition) is 11. The second-order valence-electron chi connectivity index (χ2n) is 14.0. The van der Waals surface area contributed by atoms with Crippen LogP contribution < -0.4 is 26.3 Å². The van der Waals surface area contributed by atoms with Crippen molar-refractivity contribution in [3.05, 3.63) is 98.7 Å². The Balaban J connectivity index is 0.958. The molecule has 15 nitrogen and oxygen atoms in total. The van der Waals surface area contributed by atoms with Crippen LogP contribution in [-0.4, -0.2) is 89.2 Å². The maximum atomic E-state index is 13.4. The minimum absolute atomic E-state index is 0.0324. The van der Waals surface area contributed by atoms with Crippen LogP contribution in [-0.2, 0) is 14.4 Å². The van der Waals surface area contributed by atoms with Gasteiger partial charge in [0.1, 0.15) is 11.6 Å². The van der Waals surface area contributed by atoms with E-state index in [1.807, 2.05) is 24.8 Å². The summed E-state index contributed by atoms with van der Waals surface area (Å²) in [5, 5.41) is 18.7. The van der Waals surface area contributed by atoms with Crippen LogP contribution in [0.15, 0.2) is 69.9 Å². The lowest BCUT2D eigenvalue weighted by Crippen LogP contribution is -2.54. The van der Waals surface area contributed by atoms with Crippen LogP contribution in [0.1, 0.15) is 80.8 Å². The smallest absolute Gasteiger partial charge is 0.337 e. The molecule has 55 heavy (non-hydrogen) atoms. The largest absolute Gasteiger partial charge is 0.478 e. The van der Waals surface area contributed by atoms with Gasteiger partial charge in [-0.25, -0.2) is 4.79 Å². The monoisotopic (exact) mass is 748 g/mol. The number of anilines is 3. The van der Waals surface area contributed by atoms with Crippen molar-refractivity contribution in [2.75, 3.05) is 48.3 Å². The van der Waals surface area contributed by atoms with E-state index in [4.69, 9.17) is 4.42 Å². The predicted molar refractivity (Wildman–Crippen MR) is 202 cm³/mol. The van der Waals surface area contributed by atoms with Gasteiger partial charge < -0.3 is 30.0 Å². The van der Waals surface area contributed by atoms with Gasteiger partial charge in [0, 0.05) is 68.6 Å². The third-order valence-electron chi connectivity index (χ3n) is 10.3. The number of benzene rings is 3. The number of fused-ring (bicyclic) bond motifs is 2. The molecule has 1 unspecified atom stereocenters. The van der Waals surface area contributed by atoms with Gasteiger partial charge >= 0.3 is 5.97 Å². The first-order valence-electron chi connectivity index (χ1n) is 18.2. The molecule has 2 fully saturated rings. The lowest BCUT2D eigenvalue weighted by Gasteiger charge is -2.35. The number of aromatic carboxylic acids is 1. The molecular formula is C40H40N6O9. The van der Waals surface area contributed by atoms with Gasteiger partial charge in [0.25, 0.3) is 11.8 Å². The summed E-state index contributed by atoms with van der Waals surface area (Å²) in [5.74, 6) is -3.02. The second-order valence-corrected chi connectivity index (χ2v) is 14.0. The summed E-state index contributed by atoms with van der Waals surface area (Å²) in [7, 11) is 0. The molecular weight excluding hydrogens is 708 g/mol. The van der Waals surface area contributed by atoms with Gasteiger partial charge in [-0.1, -0.05) is 24.3 Å². The zero-order valence-electron chi connectivity index (χ0n) is 30.3. The minimum atomic E-state index is -1.06. The lowest BCUT2D eigenvalue weighted by atomic mass is 10.0. The fourth-order valence-corrected chi connectivity index (χ4v) is 7.47. The standard InChI is InChI=1S/C40H40N6O9/c1-22-19-26(23(2)42-28-9-4-3-7-24(28)40(53)54)36-27(20-22)31(47)21-34(55-36)45-17-15-44(16-18-45)33(49)11-6-14-41-29-10-5-8-25-35(29)39(52)46(38(25)51)30-12-13-32(48)43-37(30)50/h3-5,7-10,19-21,23,30,41-42H,6,11-18H2,1-2H3,(H,53,54)(H,43,48,50)/t23-,30?/m0/s1. The number of aryl methyl sites for hydroxylation is 1. The maximum absolute atomic E-state index is 13.4. The summed E-state index contributed by atoms with van der Waals surface area (Å²) in [5.41, 5.74) is 3.11. The first kappa shape index (κ1) is 36.8. The van der Waals surface area contributed by atoms with Crippen LogP contribution in [0.5, 0.6) is 0 Å². The fourth-order valence-electron chi connectivity index (χ4n) is 7.47. The zero-order chi connectivity index (χ0) is 39.0. The number of hydrogen-bond donors (Lipinski definition) is 4. The molecule has 7 rings (SSSR count). The third kappa shape index (κ3) is 7.24. The van der Waals surface area contributed by atoms with Gasteiger partial charge in [0.05, 0.1) is 28.1 Å². The Hall–Kier alpha value is -6.51. The summed E-state index contributed by atoms with van der Waals surface area (Å²) in [6, 6.07) is 15.2. The van der Waals surface area contributed by atoms with Crippen LogP contribution in [0.3, 0.4) is 0 Å². The molecule has 1 aromatic heterocycles. The highest BCUT2D eigenvalue weighted by Gasteiger charge is 2.45. The molecule has 0 spiro atoms. The van der Waals surface area contributed by atoms with Crippen molar-refractivity contribution in [3.63, 3.8) is 0 Å². The van der Waals surface area contributed by atoms with E-state index in [1.165, 1.54) is 18.2 Å². The molecule has 0 radical (unpaired) electrons. The Kier molecular flexibility index (Phi) is 10.1. The Morgan fingerprint density at radius 1 is 0.945 bits per heavy atom. The van der Waals surface area contributed by atoms with E-state index in [-0.39, 0.29) is 47.3 Å². The number of carbonyl (C=O) groups is 6. The average Bonchev–Trinajstić information content (AvgIpc) is 3.42. The first-order valence-corrected chi connectivity index (χ1v) is 18.2. The molecule has 0 bridgehead atoms. The predicted octanol–water partition coefficient (Wildman–Crippen LogP) is 3.91. The van der Waals surface area contributed by atoms with Gasteiger partial charge in [0.2, 0.25) is 17.7 Å². The number of piperazine rings is 1. The Morgan fingerprint density at radius 2 is 1.69 bits per heavy atom. The van der Waals surface area contributed by atoms with Crippen LogP contribution in [0.25, 0.3) is 11.0 Å². The first-order chi connectivity index (χ1) is 26.4. The van der Waals surface area contributed by atoms with Crippen molar-refractivity contribution in [1.82, 2.24) is 15.1 Å². The number of carboxylic acid groups (broad SMARTS) is 1. The number of rotatable bonds is 11. The number of carbonyl (C=O) groups excluding carboxylic acids is 5. The van der Waals surface area contributed by atoms with Crippen molar-refractivity contribution in [2.24, 2.45) is 0 Å². The molecule has 2 atom stereocenters. The maximum Gasteiger partial charge on any atom is 0.337 e. The van der Waals surface area contributed by atoms with Gasteiger partial charge in [-0.3, -0.25) is 39.0 Å². The summed E-state index contributed by atoms with van der Waals surface area (Å²) < 4.78 is 6.40. The number of nitrogens with zero attached hydrogens (tertiary/aromatic N) is 3. The lowest BCUT2D eigenvalue weighted by molar-refractivity contribution is -0.136. The van der Waals surface area contributed by atoms with E-state index in [9.17, 15) is 38.7 Å². The molecule has 5 amide bonds. The van der Waals surface area contributed by atoms with E-state index >= 15 is 0 Å². The number of imide groups is 2. The number of nitrogens with one attached hydrogen (secondary N) is 3. The van der Waals surface area contributed by atoms with Gasteiger partial charge in [-0.2, -0.15) is 0 Å². The molecule has 0 aliphatic carbocycles. The highest BCUT2D eigenvalue weighted by molar-refractivity contribution is 6.25. The number of piperidine rings is 1. The Morgan fingerprint density at radius 3 is 2.44 bits per heavy atom. The average molecular weight is 749 g/mol. The molecule has 3 aromatic carbocycles. The summed E-state index contributed by atoms with van der Waals surface area (Å²) in [6.45, 7) is 5.82. The molecule has 2 saturated heterocycles. The van der Waals surface area contributed by atoms with Crippen molar-refractivity contribution >= 4 is 63.7 Å². The molecule has 284 valence electrons. The Bertz CT molecular complexity index is 2310. The normalized spacial score (nSPS) is 17.6. The van der Waals surface area contributed by atoms with Gasteiger partial charge in [-0.15, -0.1) is 0 Å². The number of carboxylic acids is 1. The fraction of sp³-hybridized carbons (Fsp3) is 0.325. The highest BCUT2D eigenvalue weighted by atomic mass is 16.4. The second kappa shape index (κ2) is 15.1. The molecule has 4 heterocycles. The van der Waals surface area contributed by atoms with Crippen molar-refractivity contribution in [1.29, 1.82) is 0 Å². The van der Waals surface area contributed by atoms with E-state index in [0.717, 1.165) is 10.5 Å². The van der Waals surface area contributed by atoms with Crippen molar-refractivity contribution < 1.29 is 38.3 Å². The SMILES string of the molecule is Cc1cc([C@H](C)Nc2ccccc2C(=O)O)c2oc(N3CCN(C(=O)CCCNc4cccc5c4C(=O)N(C4CCC(=O)NC4=O)C5=O)CC3)cc(=O)c2c1. The van der Waals surface area contributed by atoms with Gasteiger partial charge in [-0.05, 0) is 62.6 Å². The highest BCUT2D eigenvalue weighted by Crippen LogP contribution is 2.33. The number of amides is 5. The molecule has 3 aliphatic rings. The van der Waals surface area contributed by atoms with Crippen molar-refractivity contribution in [3.8, 4) is 0 Å². The Labute approximate surface area is 315 Å². The molecule has 4 aromatic rings. The van der Waals surface area contributed by atoms with E-state index in [1.54, 1.807) is 41.3 Å². The van der Waals surface area contributed by atoms with Crippen LogP contribution in [0, 0.1) is 6.92 Å². The number of para-hydroxylation sites is 1. The van der Waals surface area contributed by atoms with E-state index < -0.39 is 41.7 Å². The van der Waals surface area contributed by atoms with E-state index in [0.29, 0.717) is 72.9 Å². The zero-order valence-corrected chi connectivity index (χ0v) is 30.3. The molecule has 0 saturated carbocycles. The molecule has 3 aliphatic heterocycles. The van der Waals surface area contributed by atoms with Crippen LogP contribution in [0.2, 0.25) is 0 Å². The summed E-state index contributed by atoms with van der Waals surface area (Å²) in [4.78, 5) is 93.5. The van der Waals surface area contributed by atoms with Crippen LogP contribution in [0.4, 0.5) is 17.3 Å².